The van der Waals surface area contributed by atoms with E-state index in [1.807, 2.05) is 38.1 Å². The van der Waals surface area contributed by atoms with Crippen molar-refractivity contribution in [2.75, 3.05) is 19.5 Å². The van der Waals surface area contributed by atoms with Crippen molar-refractivity contribution in [3.05, 3.63) is 53.1 Å². The van der Waals surface area contributed by atoms with E-state index in [-0.39, 0.29) is 18.2 Å². The average Bonchev–Trinajstić information content (AvgIpc) is 2.62. The minimum atomic E-state index is -0.399. The third-order valence-electron chi connectivity index (χ3n) is 4.25. The van der Waals surface area contributed by atoms with Gasteiger partial charge in [0.25, 0.3) is 0 Å². The normalized spacial score (nSPS) is 11.4. The van der Waals surface area contributed by atoms with Crippen molar-refractivity contribution in [1.29, 1.82) is 0 Å². The maximum Gasteiger partial charge on any atom is 0.226 e. The number of carbonyl (C=O) groups is 2. The maximum absolute atomic E-state index is 12.6. The Morgan fingerprint density at radius 2 is 1.59 bits per heavy atom. The van der Waals surface area contributed by atoms with Crippen LogP contribution in [0, 0.1) is 13.8 Å². The molecule has 2 aromatic rings. The SMILES string of the molecule is COc1cc(C)c(NC(=O)CC(NC(C)=O)c2ccc(C)cc2)cc1OC. The van der Waals surface area contributed by atoms with Crippen molar-refractivity contribution in [1.82, 2.24) is 5.32 Å². The van der Waals surface area contributed by atoms with Crippen molar-refractivity contribution < 1.29 is 19.1 Å². The molecule has 1 unspecified atom stereocenters. The van der Waals surface area contributed by atoms with Crippen LogP contribution in [0.25, 0.3) is 0 Å². The molecule has 0 saturated heterocycles. The van der Waals surface area contributed by atoms with Crippen LogP contribution < -0.4 is 20.1 Å². The largest absolute Gasteiger partial charge is 0.493 e. The highest BCUT2D eigenvalue weighted by atomic mass is 16.5. The molecule has 0 aliphatic heterocycles. The fourth-order valence-corrected chi connectivity index (χ4v) is 2.80. The number of aryl methyl sites for hydroxylation is 2. The number of nitrogens with one attached hydrogen (secondary N) is 2. The highest BCUT2D eigenvalue weighted by Gasteiger charge is 2.18. The Kier molecular flexibility index (Phi) is 6.82. The van der Waals surface area contributed by atoms with Crippen molar-refractivity contribution in [2.24, 2.45) is 0 Å². The lowest BCUT2D eigenvalue weighted by Crippen LogP contribution is -2.29. The molecule has 0 bridgehead atoms. The molecule has 2 aromatic carbocycles. The van der Waals surface area contributed by atoms with Gasteiger partial charge in [-0.3, -0.25) is 9.59 Å². The Morgan fingerprint density at radius 1 is 1.00 bits per heavy atom. The minimum absolute atomic E-state index is 0.121. The zero-order chi connectivity index (χ0) is 20.0. The smallest absolute Gasteiger partial charge is 0.226 e. The van der Waals surface area contributed by atoms with E-state index >= 15 is 0 Å². The summed E-state index contributed by atoms with van der Waals surface area (Å²) in [5, 5.41) is 5.74. The maximum atomic E-state index is 12.6. The van der Waals surface area contributed by atoms with Gasteiger partial charge in [0.05, 0.1) is 26.7 Å². The molecule has 0 aliphatic carbocycles. The summed E-state index contributed by atoms with van der Waals surface area (Å²) >= 11 is 0. The van der Waals surface area contributed by atoms with Crippen LogP contribution in [0.3, 0.4) is 0 Å². The molecule has 2 rings (SSSR count). The third kappa shape index (κ3) is 5.48. The lowest BCUT2D eigenvalue weighted by Gasteiger charge is -2.19. The van der Waals surface area contributed by atoms with Crippen LogP contribution in [0.4, 0.5) is 5.69 Å². The lowest BCUT2D eigenvalue weighted by atomic mass is 10.0. The molecule has 0 radical (unpaired) electrons. The molecule has 0 aliphatic rings. The Balaban J connectivity index is 2.18. The topological polar surface area (TPSA) is 76.7 Å². The van der Waals surface area contributed by atoms with Crippen LogP contribution >= 0.6 is 0 Å². The van der Waals surface area contributed by atoms with E-state index in [9.17, 15) is 9.59 Å². The Labute approximate surface area is 159 Å². The lowest BCUT2D eigenvalue weighted by molar-refractivity contribution is -0.120. The molecule has 0 heterocycles. The predicted octanol–water partition coefficient (Wildman–Crippen LogP) is 3.53. The van der Waals surface area contributed by atoms with Gasteiger partial charge in [0.2, 0.25) is 11.8 Å². The standard InChI is InChI=1S/C21H26N2O4/c1-13-6-8-16(9-7-13)18(22-15(3)24)12-21(25)23-17-11-20(27-5)19(26-4)10-14(17)2/h6-11,18H,12H2,1-5H3,(H,22,24)(H,23,25). The highest BCUT2D eigenvalue weighted by Crippen LogP contribution is 2.33. The van der Waals surface area contributed by atoms with Gasteiger partial charge in [0.15, 0.2) is 11.5 Å². The molecule has 0 saturated carbocycles. The van der Waals surface area contributed by atoms with E-state index in [4.69, 9.17) is 9.47 Å². The van der Waals surface area contributed by atoms with E-state index in [1.165, 1.54) is 6.92 Å². The summed E-state index contributed by atoms with van der Waals surface area (Å²) in [5.41, 5.74) is 3.50. The van der Waals surface area contributed by atoms with E-state index in [2.05, 4.69) is 10.6 Å². The number of rotatable bonds is 7. The van der Waals surface area contributed by atoms with Crippen LogP contribution in [0.15, 0.2) is 36.4 Å². The molecular formula is C21H26N2O4. The Hall–Kier alpha value is -3.02. The fourth-order valence-electron chi connectivity index (χ4n) is 2.80. The molecule has 2 N–H and O–H groups in total. The molecule has 0 aromatic heterocycles. The molecule has 27 heavy (non-hydrogen) atoms. The molecular weight excluding hydrogens is 344 g/mol. The summed E-state index contributed by atoms with van der Waals surface area (Å²) in [7, 11) is 3.11. The summed E-state index contributed by atoms with van der Waals surface area (Å²) < 4.78 is 10.6. The number of amides is 2. The van der Waals surface area contributed by atoms with Crippen LogP contribution in [0.2, 0.25) is 0 Å². The summed E-state index contributed by atoms with van der Waals surface area (Å²) in [5.74, 6) is 0.749. The quantitative estimate of drug-likeness (QED) is 0.782. The first-order valence-electron chi connectivity index (χ1n) is 8.70. The second-order valence-electron chi connectivity index (χ2n) is 6.44. The number of ether oxygens (including phenoxy) is 2. The first-order chi connectivity index (χ1) is 12.8. The zero-order valence-electron chi connectivity index (χ0n) is 16.4. The van der Waals surface area contributed by atoms with E-state index in [1.54, 1.807) is 26.4 Å². The summed E-state index contributed by atoms with van der Waals surface area (Å²) in [4.78, 5) is 24.2. The van der Waals surface area contributed by atoms with Crippen LogP contribution in [-0.4, -0.2) is 26.0 Å². The summed E-state index contributed by atoms with van der Waals surface area (Å²) in [6.45, 7) is 5.31. The van der Waals surface area contributed by atoms with Crippen LogP contribution in [-0.2, 0) is 9.59 Å². The first kappa shape index (κ1) is 20.3. The fraction of sp³-hybridized carbons (Fsp3) is 0.333. The third-order valence-corrected chi connectivity index (χ3v) is 4.25. The molecule has 6 nitrogen and oxygen atoms in total. The zero-order valence-corrected chi connectivity index (χ0v) is 16.4. The molecule has 1 atom stereocenters. The summed E-state index contributed by atoms with van der Waals surface area (Å²) in [6, 6.07) is 10.9. The number of hydrogen-bond donors (Lipinski definition) is 2. The van der Waals surface area contributed by atoms with Crippen molar-refractivity contribution in [3.63, 3.8) is 0 Å². The van der Waals surface area contributed by atoms with Gasteiger partial charge >= 0.3 is 0 Å². The van der Waals surface area contributed by atoms with Crippen molar-refractivity contribution in [2.45, 2.75) is 33.2 Å². The molecule has 6 heteroatoms. The number of anilines is 1. The van der Waals surface area contributed by atoms with E-state index in [0.717, 1.165) is 16.7 Å². The Bertz CT molecular complexity index is 816. The predicted molar refractivity (Wildman–Crippen MR) is 105 cm³/mol. The van der Waals surface area contributed by atoms with Gasteiger partial charge in [-0.05, 0) is 31.0 Å². The number of hydrogen-bond acceptors (Lipinski definition) is 4. The van der Waals surface area contributed by atoms with Gasteiger partial charge in [-0.1, -0.05) is 29.8 Å². The molecule has 0 fully saturated rings. The van der Waals surface area contributed by atoms with Gasteiger partial charge in [0, 0.05) is 18.7 Å². The van der Waals surface area contributed by atoms with E-state index < -0.39 is 6.04 Å². The molecule has 144 valence electrons. The van der Waals surface area contributed by atoms with Gasteiger partial charge in [-0.15, -0.1) is 0 Å². The average molecular weight is 370 g/mol. The number of carbonyl (C=O) groups excluding carboxylic acids is 2. The second-order valence-corrected chi connectivity index (χ2v) is 6.44. The van der Waals surface area contributed by atoms with Gasteiger partial charge in [-0.2, -0.15) is 0 Å². The first-order valence-corrected chi connectivity index (χ1v) is 8.70. The second kappa shape index (κ2) is 9.07. The summed E-state index contributed by atoms with van der Waals surface area (Å²) in [6.07, 6.45) is 0.121. The van der Waals surface area contributed by atoms with Gasteiger partial charge in [0.1, 0.15) is 0 Å². The van der Waals surface area contributed by atoms with Gasteiger partial charge in [-0.25, -0.2) is 0 Å². The molecule has 2 amide bonds. The minimum Gasteiger partial charge on any atom is -0.493 e. The Morgan fingerprint density at radius 3 is 2.15 bits per heavy atom. The molecule has 0 spiro atoms. The number of benzene rings is 2. The van der Waals surface area contributed by atoms with Gasteiger partial charge < -0.3 is 20.1 Å². The van der Waals surface area contributed by atoms with E-state index in [0.29, 0.717) is 17.2 Å². The van der Waals surface area contributed by atoms with Crippen LogP contribution in [0.1, 0.15) is 36.1 Å². The van der Waals surface area contributed by atoms with Crippen molar-refractivity contribution >= 4 is 17.5 Å². The monoisotopic (exact) mass is 370 g/mol. The highest BCUT2D eigenvalue weighted by molar-refractivity contribution is 5.92. The number of methoxy groups -OCH3 is 2. The van der Waals surface area contributed by atoms with Crippen molar-refractivity contribution in [3.8, 4) is 11.5 Å². The van der Waals surface area contributed by atoms with Crippen LogP contribution in [0.5, 0.6) is 11.5 Å².